The lowest BCUT2D eigenvalue weighted by atomic mass is 9.73. The molecule has 2 heterocycles. The van der Waals surface area contributed by atoms with E-state index in [1.54, 1.807) is 0 Å². The molecular formula is C13H20N2O3. The smallest absolute Gasteiger partial charge is 0.318 e. The van der Waals surface area contributed by atoms with E-state index in [4.69, 9.17) is 4.74 Å². The normalized spacial score (nSPS) is 35.0. The van der Waals surface area contributed by atoms with Crippen LogP contribution in [0.2, 0.25) is 0 Å². The fourth-order valence-corrected chi connectivity index (χ4v) is 3.07. The zero-order chi connectivity index (χ0) is 13.0. The SMILES string of the molecule is CC1(C)CC1C(=O)OC(=O)C1CNCC12CNC2. The Hall–Kier alpha value is -0.940. The van der Waals surface area contributed by atoms with Gasteiger partial charge in [-0.05, 0) is 11.8 Å². The number of carbonyl (C=O) groups excluding carboxylic acids is 2. The quantitative estimate of drug-likeness (QED) is 0.531. The van der Waals surface area contributed by atoms with E-state index in [0.717, 1.165) is 26.1 Å². The minimum Gasteiger partial charge on any atom is -0.393 e. The van der Waals surface area contributed by atoms with Crippen molar-refractivity contribution in [3.05, 3.63) is 0 Å². The van der Waals surface area contributed by atoms with Crippen LogP contribution in [0.5, 0.6) is 0 Å². The van der Waals surface area contributed by atoms with E-state index in [2.05, 4.69) is 10.6 Å². The van der Waals surface area contributed by atoms with E-state index in [-0.39, 0.29) is 34.6 Å². The summed E-state index contributed by atoms with van der Waals surface area (Å²) < 4.78 is 5.08. The van der Waals surface area contributed by atoms with Crippen LogP contribution in [-0.4, -0.2) is 38.1 Å². The molecule has 3 aliphatic rings. The highest BCUT2D eigenvalue weighted by Gasteiger charge is 2.55. The Morgan fingerprint density at radius 3 is 2.11 bits per heavy atom. The van der Waals surface area contributed by atoms with E-state index < -0.39 is 0 Å². The van der Waals surface area contributed by atoms with Gasteiger partial charge in [0.1, 0.15) is 0 Å². The average molecular weight is 252 g/mol. The second-order valence-corrected chi connectivity index (χ2v) is 6.63. The van der Waals surface area contributed by atoms with E-state index >= 15 is 0 Å². The Morgan fingerprint density at radius 2 is 1.61 bits per heavy atom. The van der Waals surface area contributed by atoms with Gasteiger partial charge in [0.05, 0.1) is 11.8 Å². The van der Waals surface area contributed by atoms with E-state index in [0.29, 0.717) is 6.54 Å². The second-order valence-electron chi connectivity index (χ2n) is 6.63. The van der Waals surface area contributed by atoms with Crippen LogP contribution in [0.3, 0.4) is 0 Å². The molecule has 5 heteroatoms. The molecule has 0 amide bonds. The molecule has 2 atom stereocenters. The van der Waals surface area contributed by atoms with Crippen molar-refractivity contribution < 1.29 is 14.3 Å². The predicted molar refractivity (Wildman–Crippen MR) is 64.6 cm³/mol. The van der Waals surface area contributed by atoms with Crippen molar-refractivity contribution in [3.8, 4) is 0 Å². The van der Waals surface area contributed by atoms with E-state index in [1.807, 2.05) is 13.8 Å². The highest BCUT2D eigenvalue weighted by atomic mass is 16.6. The average Bonchev–Trinajstić information content (AvgIpc) is 2.75. The van der Waals surface area contributed by atoms with Crippen LogP contribution in [0.4, 0.5) is 0 Å². The summed E-state index contributed by atoms with van der Waals surface area (Å²) in [7, 11) is 0. The number of carbonyl (C=O) groups is 2. The van der Waals surface area contributed by atoms with Crippen LogP contribution in [0.25, 0.3) is 0 Å². The molecule has 2 aliphatic heterocycles. The van der Waals surface area contributed by atoms with Crippen LogP contribution in [0.15, 0.2) is 0 Å². The third kappa shape index (κ3) is 1.77. The molecule has 3 fully saturated rings. The summed E-state index contributed by atoms with van der Waals surface area (Å²) in [5.41, 5.74) is -0.00255. The Balaban J connectivity index is 1.60. The Kier molecular flexibility index (Phi) is 2.54. The maximum Gasteiger partial charge on any atom is 0.318 e. The number of rotatable bonds is 2. The monoisotopic (exact) mass is 252 g/mol. The molecule has 1 aliphatic carbocycles. The number of nitrogens with one attached hydrogen (secondary N) is 2. The molecule has 100 valence electrons. The summed E-state index contributed by atoms with van der Waals surface area (Å²) in [6, 6.07) is 0. The molecular weight excluding hydrogens is 232 g/mol. The van der Waals surface area contributed by atoms with Gasteiger partial charge in [-0.3, -0.25) is 9.59 Å². The lowest BCUT2D eigenvalue weighted by molar-refractivity contribution is -0.166. The fraction of sp³-hybridized carbons (Fsp3) is 0.846. The van der Waals surface area contributed by atoms with Crippen LogP contribution in [0, 0.1) is 22.7 Å². The molecule has 5 nitrogen and oxygen atoms in total. The summed E-state index contributed by atoms with van der Waals surface area (Å²) in [5.74, 6) is -0.940. The van der Waals surface area contributed by atoms with Gasteiger partial charge in [0.25, 0.3) is 0 Å². The molecule has 2 saturated heterocycles. The van der Waals surface area contributed by atoms with Crippen LogP contribution >= 0.6 is 0 Å². The number of esters is 2. The Morgan fingerprint density at radius 1 is 1.06 bits per heavy atom. The van der Waals surface area contributed by atoms with Crippen LogP contribution in [-0.2, 0) is 14.3 Å². The molecule has 0 bridgehead atoms. The summed E-state index contributed by atoms with van der Waals surface area (Å²) in [6.45, 7) is 7.19. The lowest BCUT2D eigenvalue weighted by Crippen LogP contribution is -2.59. The third-order valence-corrected chi connectivity index (χ3v) is 4.80. The zero-order valence-electron chi connectivity index (χ0n) is 10.9. The van der Waals surface area contributed by atoms with Gasteiger partial charge in [-0.2, -0.15) is 0 Å². The Labute approximate surface area is 107 Å². The molecule has 0 aromatic heterocycles. The highest BCUT2D eigenvalue weighted by Crippen LogP contribution is 2.52. The molecule has 2 N–H and O–H groups in total. The summed E-state index contributed by atoms with van der Waals surface area (Å²) in [5, 5.41) is 6.43. The van der Waals surface area contributed by atoms with Gasteiger partial charge in [0.2, 0.25) is 0 Å². The van der Waals surface area contributed by atoms with Crippen molar-refractivity contribution in [2.75, 3.05) is 26.2 Å². The number of hydrogen-bond donors (Lipinski definition) is 2. The van der Waals surface area contributed by atoms with Gasteiger partial charge in [-0.25, -0.2) is 0 Å². The number of ether oxygens (including phenoxy) is 1. The third-order valence-electron chi connectivity index (χ3n) is 4.80. The highest BCUT2D eigenvalue weighted by molar-refractivity contribution is 5.90. The maximum atomic E-state index is 12.1. The first-order valence-electron chi connectivity index (χ1n) is 6.62. The van der Waals surface area contributed by atoms with Crippen molar-refractivity contribution in [1.29, 1.82) is 0 Å². The first kappa shape index (κ1) is 12.1. The molecule has 3 rings (SSSR count). The first-order chi connectivity index (χ1) is 8.45. The van der Waals surface area contributed by atoms with Crippen LogP contribution in [0.1, 0.15) is 20.3 Å². The maximum absolute atomic E-state index is 12.1. The second kappa shape index (κ2) is 3.78. The van der Waals surface area contributed by atoms with Gasteiger partial charge in [0.15, 0.2) is 0 Å². The first-order valence-corrected chi connectivity index (χ1v) is 6.62. The van der Waals surface area contributed by atoms with E-state index in [1.165, 1.54) is 0 Å². The van der Waals surface area contributed by atoms with Crippen LogP contribution < -0.4 is 10.6 Å². The topological polar surface area (TPSA) is 67.4 Å². The molecule has 1 spiro atoms. The van der Waals surface area contributed by atoms with Crippen molar-refractivity contribution in [3.63, 3.8) is 0 Å². The molecule has 18 heavy (non-hydrogen) atoms. The summed E-state index contributed by atoms with van der Waals surface area (Å²) >= 11 is 0. The summed E-state index contributed by atoms with van der Waals surface area (Å²) in [4.78, 5) is 23.9. The standard InChI is InChI=1S/C13H20N2O3/c1-12(2)3-8(12)10(16)18-11(17)9-4-14-5-13(9)6-15-7-13/h8-9,14-15H,3-7H2,1-2H3. The predicted octanol–water partition coefficient (Wildman–Crippen LogP) is -0.0887. The Bertz CT molecular complexity index is 401. The van der Waals surface area contributed by atoms with Gasteiger partial charge >= 0.3 is 11.9 Å². The van der Waals surface area contributed by atoms with Crippen molar-refractivity contribution >= 4 is 11.9 Å². The zero-order valence-corrected chi connectivity index (χ0v) is 10.9. The molecule has 0 radical (unpaired) electrons. The number of hydrogen-bond acceptors (Lipinski definition) is 5. The minimum absolute atomic E-state index is 0.0149. The van der Waals surface area contributed by atoms with Crippen molar-refractivity contribution in [2.24, 2.45) is 22.7 Å². The fourth-order valence-electron chi connectivity index (χ4n) is 3.07. The summed E-state index contributed by atoms with van der Waals surface area (Å²) in [6.07, 6.45) is 0.828. The van der Waals surface area contributed by atoms with Crippen molar-refractivity contribution in [1.82, 2.24) is 10.6 Å². The molecule has 2 unspecified atom stereocenters. The minimum atomic E-state index is -0.339. The van der Waals surface area contributed by atoms with Gasteiger partial charge < -0.3 is 15.4 Å². The lowest BCUT2D eigenvalue weighted by Gasteiger charge is -2.42. The van der Waals surface area contributed by atoms with E-state index in [9.17, 15) is 9.59 Å². The molecule has 1 saturated carbocycles. The van der Waals surface area contributed by atoms with Gasteiger partial charge in [-0.15, -0.1) is 0 Å². The largest absolute Gasteiger partial charge is 0.393 e. The van der Waals surface area contributed by atoms with Crippen molar-refractivity contribution in [2.45, 2.75) is 20.3 Å². The molecule has 0 aromatic carbocycles. The molecule has 0 aromatic rings. The van der Waals surface area contributed by atoms with Gasteiger partial charge in [0, 0.05) is 31.6 Å². The van der Waals surface area contributed by atoms with Gasteiger partial charge in [-0.1, -0.05) is 13.8 Å².